The molecule has 2 aromatic rings. The van der Waals surface area contributed by atoms with Gasteiger partial charge in [0, 0.05) is 26.7 Å². The number of amides is 1. The van der Waals surface area contributed by atoms with Crippen LogP contribution < -0.4 is 10.6 Å². The van der Waals surface area contributed by atoms with Gasteiger partial charge in [0.25, 0.3) is 0 Å². The smallest absolute Gasteiger partial charge is 0.337 e. The molecule has 1 heterocycles. The van der Waals surface area contributed by atoms with Gasteiger partial charge in [-0.25, -0.2) is 4.79 Å². The average molecular weight is 383 g/mol. The molecule has 3 N–H and O–H groups in total. The third kappa shape index (κ3) is 4.49. The molecule has 1 fully saturated rings. The summed E-state index contributed by atoms with van der Waals surface area (Å²) in [6, 6.07) is 13.2. The van der Waals surface area contributed by atoms with E-state index in [1.807, 2.05) is 41.3 Å². The van der Waals surface area contributed by atoms with E-state index in [0.29, 0.717) is 38.5 Å². The van der Waals surface area contributed by atoms with Crippen LogP contribution in [0.3, 0.4) is 0 Å². The van der Waals surface area contributed by atoms with Crippen LogP contribution >= 0.6 is 0 Å². The Balaban J connectivity index is 1.89. The zero-order valence-electron chi connectivity index (χ0n) is 15.9. The molecule has 1 aliphatic rings. The summed E-state index contributed by atoms with van der Waals surface area (Å²) in [6.45, 7) is 2.96. The number of anilines is 1. The number of carbonyl (C=O) groups excluding carboxylic acids is 1. The van der Waals surface area contributed by atoms with Crippen molar-refractivity contribution in [2.75, 3.05) is 44.8 Å². The first-order valence-corrected chi connectivity index (χ1v) is 9.23. The number of rotatable bonds is 6. The van der Waals surface area contributed by atoms with E-state index in [4.69, 9.17) is 10.5 Å². The quantitative estimate of drug-likeness (QED) is 0.790. The van der Waals surface area contributed by atoms with Crippen LogP contribution in [-0.4, -0.2) is 61.8 Å². The first-order valence-electron chi connectivity index (χ1n) is 9.23. The Hall–Kier alpha value is -2.90. The molecule has 0 atom stereocenters. The maximum Gasteiger partial charge on any atom is 0.337 e. The lowest BCUT2D eigenvalue weighted by Gasteiger charge is -2.30. The standard InChI is InChI=1S/C21H25N3O4/c1-23(20(25)13-22)14-15-3-2-4-16(11-15)17-5-6-19(18(12-17)21(26)27)24-7-9-28-10-8-24/h2-6,11-12H,7-10,13-14,22H2,1H3,(H,26,27). The lowest BCUT2D eigenvalue weighted by Crippen LogP contribution is -2.37. The predicted octanol–water partition coefficient (Wildman–Crippen LogP) is 1.81. The molecule has 0 aliphatic carbocycles. The van der Waals surface area contributed by atoms with Gasteiger partial charge >= 0.3 is 5.97 Å². The fourth-order valence-electron chi connectivity index (χ4n) is 3.33. The van der Waals surface area contributed by atoms with E-state index in [2.05, 4.69) is 0 Å². The molecule has 0 spiro atoms. The van der Waals surface area contributed by atoms with Crippen molar-refractivity contribution in [3.05, 3.63) is 53.6 Å². The van der Waals surface area contributed by atoms with E-state index in [0.717, 1.165) is 16.7 Å². The summed E-state index contributed by atoms with van der Waals surface area (Å²) in [5.74, 6) is -1.08. The molecule has 2 aromatic carbocycles. The van der Waals surface area contributed by atoms with Gasteiger partial charge in [0.1, 0.15) is 0 Å². The summed E-state index contributed by atoms with van der Waals surface area (Å²) in [7, 11) is 1.71. The zero-order chi connectivity index (χ0) is 20.1. The summed E-state index contributed by atoms with van der Waals surface area (Å²) in [6.07, 6.45) is 0. The highest BCUT2D eigenvalue weighted by Crippen LogP contribution is 2.29. The minimum atomic E-state index is -0.951. The largest absolute Gasteiger partial charge is 0.478 e. The summed E-state index contributed by atoms with van der Waals surface area (Å²) >= 11 is 0. The van der Waals surface area contributed by atoms with Crippen LogP contribution in [0.2, 0.25) is 0 Å². The van der Waals surface area contributed by atoms with E-state index in [1.54, 1.807) is 18.0 Å². The molecule has 28 heavy (non-hydrogen) atoms. The van der Waals surface area contributed by atoms with Gasteiger partial charge in [0.05, 0.1) is 31.0 Å². The number of carbonyl (C=O) groups is 2. The molecule has 7 heteroatoms. The molecule has 1 saturated heterocycles. The molecular formula is C21H25N3O4. The number of ether oxygens (including phenoxy) is 1. The molecule has 0 saturated carbocycles. The number of aromatic carboxylic acids is 1. The lowest BCUT2D eigenvalue weighted by molar-refractivity contribution is -0.128. The molecule has 1 aliphatic heterocycles. The fourth-order valence-corrected chi connectivity index (χ4v) is 3.33. The van der Waals surface area contributed by atoms with Crippen LogP contribution in [0.5, 0.6) is 0 Å². The van der Waals surface area contributed by atoms with E-state index in [9.17, 15) is 14.7 Å². The van der Waals surface area contributed by atoms with Crippen molar-refractivity contribution in [1.82, 2.24) is 4.90 Å². The Labute approximate surface area is 164 Å². The monoisotopic (exact) mass is 383 g/mol. The molecule has 7 nitrogen and oxygen atoms in total. The van der Waals surface area contributed by atoms with Crippen LogP contribution in [0.4, 0.5) is 5.69 Å². The number of carboxylic acids is 1. The zero-order valence-corrected chi connectivity index (χ0v) is 15.9. The van der Waals surface area contributed by atoms with Crippen LogP contribution in [-0.2, 0) is 16.1 Å². The number of nitrogens with two attached hydrogens (primary N) is 1. The molecule has 3 rings (SSSR count). The van der Waals surface area contributed by atoms with Gasteiger partial charge in [-0.1, -0.05) is 24.3 Å². The summed E-state index contributed by atoms with van der Waals surface area (Å²) in [4.78, 5) is 27.2. The minimum absolute atomic E-state index is 0.0266. The Morgan fingerprint density at radius 2 is 1.86 bits per heavy atom. The minimum Gasteiger partial charge on any atom is -0.478 e. The van der Waals surface area contributed by atoms with Crippen LogP contribution in [0, 0.1) is 0 Å². The number of carboxylic acid groups (broad SMARTS) is 1. The van der Waals surface area contributed by atoms with Crippen molar-refractivity contribution in [3.63, 3.8) is 0 Å². The van der Waals surface area contributed by atoms with E-state index in [1.165, 1.54) is 0 Å². The molecule has 0 radical (unpaired) electrons. The molecule has 0 aromatic heterocycles. The first-order chi connectivity index (χ1) is 13.5. The van der Waals surface area contributed by atoms with Gasteiger partial charge in [-0.2, -0.15) is 0 Å². The topological polar surface area (TPSA) is 96.1 Å². The molecule has 0 unspecified atom stereocenters. The number of benzene rings is 2. The number of morpholine rings is 1. The van der Waals surface area contributed by atoms with Crippen molar-refractivity contribution in [1.29, 1.82) is 0 Å². The van der Waals surface area contributed by atoms with Gasteiger partial charge in [-0.3, -0.25) is 4.79 Å². The number of hydrogen-bond acceptors (Lipinski definition) is 5. The molecule has 148 valence electrons. The van der Waals surface area contributed by atoms with Crippen molar-refractivity contribution >= 4 is 17.6 Å². The SMILES string of the molecule is CN(Cc1cccc(-c2ccc(N3CCOCC3)c(C(=O)O)c2)c1)C(=O)CN. The highest BCUT2D eigenvalue weighted by Gasteiger charge is 2.19. The first kappa shape index (κ1) is 19.9. The molecular weight excluding hydrogens is 358 g/mol. The maximum atomic E-state index is 11.9. The summed E-state index contributed by atoms with van der Waals surface area (Å²) in [5.41, 5.74) is 9.08. The van der Waals surface area contributed by atoms with Crippen LogP contribution in [0.15, 0.2) is 42.5 Å². The second-order valence-corrected chi connectivity index (χ2v) is 6.79. The van der Waals surface area contributed by atoms with Crippen LogP contribution in [0.1, 0.15) is 15.9 Å². The van der Waals surface area contributed by atoms with Crippen molar-refractivity contribution in [3.8, 4) is 11.1 Å². The Morgan fingerprint density at radius 3 is 2.54 bits per heavy atom. The van der Waals surface area contributed by atoms with Crippen LogP contribution in [0.25, 0.3) is 11.1 Å². The maximum absolute atomic E-state index is 11.9. The molecule has 0 bridgehead atoms. The summed E-state index contributed by atoms with van der Waals surface area (Å²) in [5, 5.41) is 9.72. The molecule has 1 amide bonds. The number of nitrogens with zero attached hydrogens (tertiary/aromatic N) is 2. The third-order valence-corrected chi connectivity index (χ3v) is 4.86. The lowest BCUT2D eigenvalue weighted by atomic mass is 9.99. The van der Waals surface area contributed by atoms with Crippen molar-refractivity contribution < 1.29 is 19.4 Å². The second kappa shape index (κ2) is 8.86. The van der Waals surface area contributed by atoms with E-state index >= 15 is 0 Å². The number of likely N-dealkylation sites (N-methyl/N-ethyl adjacent to an activating group) is 1. The second-order valence-electron chi connectivity index (χ2n) is 6.79. The fraction of sp³-hybridized carbons (Fsp3) is 0.333. The Kier molecular flexibility index (Phi) is 6.28. The van der Waals surface area contributed by atoms with Crippen molar-refractivity contribution in [2.24, 2.45) is 5.73 Å². The normalized spacial score (nSPS) is 14.0. The van der Waals surface area contributed by atoms with Gasteiger partial charge < -0.3 is 25.4 Å². The number of hydrogen-bond donors (Lipinski definition) is 2. The van der Waals surface area contributed by atoms with E-state index in [-0.39, 0.29) is 18.0 Å². The predicted molar refractivity (Wildman–Crippen MR) is 107 cm³/mol. The Bertz CT molecular complexity index is 862. The van der Waals surface area contributed by atoms with Gasteiger partial charge in [-0.05, 0) is 34.9 Å². The van der Waals surface area contributed by atoms with Crippen molar-refractivity contribution in [2.45, 2.75) is 6.54 Å². The highest BCUT2D eigenvalue weighted by atomic mass is 16.5. The van der Waals surface area contributed by atoms with Gasteiger partial charge in [0.2, 0.25) is 5.91 Å². The summed E-state index contributed by atoms with van der Waals surface area (Å²) < 4.78 is 5.36. The highest BCUT2D eigenvalue weighted by molar-refractivity contribution is 5.96. The Morgan fingerprint density at radius 1 is 1.14 bits per heavy atom. The average Bonchev–Trinajstić information content (AvgIpc) is 2.73. The van der Waals surface area contributed by atoms with Gasteiger partial charge in [0.15, 0.2) is 0 Å². The third-order valence-electron chi connectivity index (χ3n) is 4.86. The van der Waals surface area contributed by atoms with E-state index < -0.39 is 5.97 Å². The van der Waals surface area contributed by atoms with Gasteiger partial charge in [-0.15, -0.1) is 0 Å².